The van der Waals surface area contributed by atoms with Crippen LogP contribution in [0.1, 0.15) is 31.6 Å². The quantitative estimate of drug-likeness (QED) is 0.508. The maximum atomic E-state index is 12.3. The summed E-state index contributed by atoms with van der Waals surface area (Å²) in [5.41, 5.74) is 0.669. The molecular weight excluding hydrogens is 394 g/mol. The Labute approximate surface area is 170 Å². The molecule has 0 radical (unpaired) electrons. The van der Waals surface area contributed by atoms with Crippen molar-refractivity contribution in [3.63, 3.8) is 0 Å². The van der Waals surface area contributed by atoms with Crippen molar-refractivity contribution < 1.29 is 22.4 Å². The highest BCUT2D eigenvalue weighted by atomic mass is 32.2. The molecule has 2 rings (SSSR count). The van der Waals surface area contributed by atoms with Gasteiger partial charge in [-0.2, -0.15) is 0 Å². The van der Waals surface area contributed by atoms with Gasteiger partial charge >= 0.3 is 0 Å². The molecule has 0 aliphatic rings. The normalized spacial score (nSPS) is 11.7. The first-order chi connectivity index (χ1) is 13.8. The molecule has 3 N–H and O–H groups in total. The lowest BCUT2D eigenvalue weighted by Crippen LogP contribution is -2.33. The number of amides is 2. The van der Waals surface area contributed by atoms with Crippen molar-refractivity contribution in [1.82, 2.24) is 15.4 Å². The first-order valence-electron chi connectivity index (χ1n) is 9.13. The minimum atomic E-state index is -3.66. The van der Waals surface area contributed by atoms with Crippen LogP contribution < -0.4 is 15.4 Å². The fourth-order valence-electron chi connectivity index (χ4n) is 2.34. The van der Waals surface area contributed by atoms with Gasteiger partial charge in [-0.15, -0.1) is 0 Å². The van der Waals surface area contributed by atoms with Crippen molar-refractivity contribution in [3.05, 3.63) is 60.1 Å². The predicted molar refractivity (Wildman–Crippen MR) is 109 cm³/mol. The number of carbonyl (C=O) groups excluding carboxylic acids is 2. The van der Waals surface area contributed by atoms with Crippen LogP contribution in [-0.4, -0.2) is 32.8 Å². The summed E-state index contributed by atoms with van der Waals surface area (Å²) >= 11 is 0. The van der Waals surface area contributed by atoms with Crippen LogP contribution in [0.2, 0.25) is 0 Å². The third-order valence-corrected chi connectivity index (χ3v) is 5.15. The highest BCUT2D eigenvalue weighted by molar-refractivity contribution is 7.89. The Kier molecular flexibility index (Phi) is 8.17. The largest absolute Gasteiger partial charge is 0.468 e. The van der Waals surface area contributed by atoms with Gasteiger partial charge in [0.1, 0.15) is 5.76 Å². The van der Waals surface area contributed by atoms with E-state index in [-0.39, 0.29) is 42.3 Å². The van der Waals surface area contributed by atoms with E-state index in [9.17, 15) is 18.0 Å². The van der Waals surface area contributed by atoms with Gasteiger partial charge in [0.15, 0.2) is 0 Å². The first kappa shape index (κ1) is 22.4. The molecular formula is C20H25N3O5S. The molecule has 0 atom stereocenters. The monoisotopic (exact) mass is 419 g/mol. The Morgan fingerprint density at radius 2 is 1.86 bits per heavy atom. The third kappa shape index (κ3) is 7.92. The molecule has 29 heavy (non-hydrogen) atoms. The second kappa shape index (κ2) is 10.6. The maximum absolute atomic E-state index is 12.3. The number of sulfonamides is 1. The number of furan rings is 1. The zero-order valence-electron chi connectivity index (χ0n) is 16.3. The zero-order valence-corrected chi connectivity index (χ0v) is 17.2. The van der Waals surface area contributed by atoms with Gasteiger partial charge in [0.25, 0.3) is 0 Å². The summed E-state index contributed by atoms with van der Waals surface area (Å²) in [6.45, 7) is 4.03. The van der Waals surface area contributed by atoms with Crippen LogP contribution in [-0.2, 0) is 26.2 Å². The van der Waals surface area contributed by atoms with Gasteiger partial charge in [0, 0.05) is 25.1 Å². The summed E-state index contributed by atoms with van der Waals surface area (Å²) in [5.74, 6) is 0.0571. The Hall–Kier alpha value is -2.91. The molecule has 0 bridgehead atoms. The third-order valence-electron chi connectivity index (χ3n) is 3.74. The average molecular weight is 420 g/mol. The Balaban J connectivity index is 1.83. The standard InChI is InChI=1S/C20H25N3O5S/c1-15(2)23-20(25)11-12-21-19(24)10-7-16-5-8-18(9-6-16)29(26,27)22-14-17-4-3-13-28-17/h3-10,13,15,22H,11-12,14H2,1-2H3,(H,21,24)(H,23,25)/b10-7+. The van der Waals surface area contributed by atoms with E-state index >= 15 is 0 Å². The summed E-state index contributed by atoms with van der Waals surface area (Å²) < 4.78 is 32.1. The number of hydrogen-bond acceptors (Lipinski definition) is 5. The maximum Gasteiger partial charge on any atom is 0.244 e. The van der Waals surface area contributed by atoms with Crippen LogP contribution in [0.5, 0.6) is 0 Å². The van der Waals surface area contributed by atoms with Crippen molar-refractivity contribution in [3.8, 4) is 0 Å². The fraction of sp³-hybridized carbons (Fsp3) is 0.300. The van der Waals surface area contributed by atoms with E-state index in [0.717, 1.165) is 0 Å². The van der Waals surface area contributed by atoms with Crippen LogP contribution >= 0.6 is 0 Å². The van der Waals surface area contributed by atoms with E-state index < -0.39 is 10.0 Å². The van der Waals surface area contributed by atoms with Crippen molar-refractivity contribution in [2.45, 2.75) is 37.8 Å². The predicted octanol–water partition coefficient (Wildman–Crippen LogP) is 1.80. The van der Waals surface area contributed by atoms with Crippen LogP contribution in [0.25, 0.3) is 6.08 Å². The smallest absolute Gasteiger partial charge is 0.244 e. The molecule has 0 saturated carbocycles. The van der Waals surface area contributed by atoms with Crippen molar-refractivity contribution in [1.29, 1.82) is 0 Å². The average Bonchev–Trinajstić information content (AvgIpc) is 3.18. The lowest BCUT2D eigenvalue weighted by molar-refractivity contribution is -0.121. The molecule has 0 aliphatic heterocycles. The molecule has 2 aromatic rings. The molecule has 1 aromatic carbocycles. The molecule has 1 aromatic heterocycles. The Morgan fingerprint density at radius 1 is 1.14 bits per heavy atom. The van der Waals surface area contributed by atoms with Gasteiger partial charge in [-0.1, -0.05) is 12.1 Å². The van der Waals surface area contributed by atoms with E-state index in [4.69, 9.17) is 4.42 Å². The molecule has 2 amide bonds. The van der Waals surface area contributed by atoms with Crippen LogP contribution in [0.3, 0.4) is 0 Å². The molecule has 156 valence electrons. The topological polar surface area (TPSA) is 118 Å². The first-order valence-corrected chi connectivity index (χ1v) is 10.6. The fourth-order valence-corrected chi connectivity index (χ4v) is 3.34. The minimum Gasteiger partial charge on any atom is -0.468 e. The number of carbonyl (C=O) groups is 2. The van der Waals surface area contributed by atoms with Gasteiger partial charge in [0.2, 0.25) is 21.8 Å². The zero-order chi connectivity index (χ0) is 21.3. The van der Waals surface area contributed by atoms with Gasteiger partial charge in [-0.3, -0.25) is 9.59 Å². The van der Waals surface area contributed by atoms with Gasteiger partial charge in [0.05, 0.1) is 17.7 Å². The van der Waals surface area contributed by atoms with Crippen molar-refractivity contribution >= 4 is 27.9 Å². The number of nitrogens with one attached hydrogen (secondary N) is 3. The van der Waals surface area contributed by atoms with Crippen molar-refractivity contribution in [2.24, 2.45) is 0 Å². The minimum absolute atomic E-state index is 0.0604. The van der Waals surface area contributed by atoms with Gasteiger partial charge in [-0.25, -0.2) is 13.1 Å². The van der Waals surface area contributed by atoms with E-state index in [1.807, 2.05) is 13.8 Å². The lowest BCUT2D eigenvalue weighted by atomic mass is 10.2. The van der Waals surface area contributed by atoms with E-state index in [2.05, 4.69) is 15.4 Å². The number of rotatable bonds is 10. The summed E-state index contributed by atoms with van der Waals surface area (Å²) in [5, 5.41) is 5.36. The number of hydrogen-bond donors (Lipinski definition) is 3. The van der Waals surface area contributed by atoms with Crippen LogP contribution in [0, 0.1) is 0 Å². The lowest BCUT2D eigenvalue weighted by Gasteiger charge is -2.08. The molecule has 0 fully saturated rings. The highest BCUT2D eigenvalue weighted by Gasteiger charge is 2.14. The molecule has 0 unspecified atom stereocenters. The summed E-state index contributed by atoms with van der Waals surface area (Å²) in [7, 11) is -3.66. The summed E-state index contributed by atoms with van der Waals surface area (Å²) in [4.78, 5) is 23.4. The van der Waals surface area contributed by atoms with Crippen molar-refractivity contribution in [2.75, 3.05) is 6.54 Å². The second-order valence-electron chi connectivity index (χ2n) is 6.57. The molecule has 0 spiro atoms. The molecule has 1 heterocycles. The van der Waals surface area contributed by atoms with E-state index in [1.54, 1.807) is 30.3 Å². The molecule has 0 saturated heterocycles. The molecule has 9 heteroatoms. The Morgan fingerprint density at radius 3 is 2.48 bits per heavy atom. The molecule has 8 nitrogen and oxygen atoms in total. The second-order valence-corrected chi connectivity index (χ2v) is 8.34. The van der Waals surface area contributed by atoms with E-state index in [1.165, 1.54) is 24.5 Å². The number of benzene rings is 1. The van der Waals surface area contributed by atoms with Gasteiger partial charge in [-0.05, 0) is 49.8 Å². The Bertz CT molecular complexity index is 933. The van der Waals surface area contributed by atoms with Crippen LogP contribution in [0.4, 0.5) is 0 Å². The summed E-state index contributed by atoms with van der Waals surface area (Å²) in [6.07, 6.45) is 4.58. The summed E-state index contributed by atoms with van der Waals surface area (Å²) in [6, 6.07) is 9.53. The van der Waals surface area contributed by atoms with Crippen LogP contribution in [0.15, 0.2) is 58.1 Å². The highest BCUT2D eigenvalue weighted by Crippen LogP contribution is 2.12. The molecule has 0 aliphatic carbocycles. The van der Waals surface area contributed by atoms with Gasteiger partial charge < -0.3 is 15.1 Å². The SMILES string of the molecule is CC(C)NC(=O)CCNC(=O)/C=C/c1ccc(S(=O)(=O)NCc2ccco2)cc1. The van der Waals surface area contributed by atoms with E-state index in [0.29, 0.717) is 11.3 Å².